The zero-order valence-corrected chi connectivity index (χ0v) is 15.2. The van der Waals surface area contributed by atoms with Crippen LogP contribution in [0.2, 0.25) is 0 Å². The van der Waals surface area contributed by atoms with Gasteiger partial charge in [0.25, 0.3) is 0 Å². The van der Waals surface area contributed by atoms with E-state index in [0.717, 1.165) is 10.0 Å². The minimum absolute atomic E-state index is 0.232. The third kappa shape index (κ3) is 4.08. The molecule has 1 aromatic rings. The number of hydrogen-bond acceptors (Lipinski definition) is 4. The standard InChI is InChI=1S/C17H20BrNO5/c1-23-14-9-13(18)15(24-2)8-10(14)6-7-19-16(20)11-4-3-5-12(11)17(21)22/h8-9H,3-7H2,1-2H3,(H,19,20)(H,21,22). The highest BCUT2D eigenvalue weighted by Crippen LogP contribution is 2.33. The Morgan fingerprint density at radius 1 is 1.17 bits per heavy atom. The van der Waals surface area contributed by atoms with Gasteiger partial charge in [-0.15, -0.1) is 0 Å². The van der Waals surface area contributed by atoms with Gasteiger partial charge in [-0.05, 0) is 59.3 Å². The molecule has 0 fully saturated rings. The molecule has 0 bridgehead atoms. The predicted molar refractivity (Wildman–Crippen MR) is 92.5 cm³/mol. The summed E-state index contributed by atoms with van der Waals surface area (Å²) in [5.41, 5.74) is 1.52. The van der Waals surface area contributed by atoms with Crippen molar-refractivity contribution in [1.82, 2.24) is 5.32 Å². The number of halogens is 1. The van der Waals surface area contributed by atoms with Gasteiger partial charge >= 0.3 is 5.97 Å². The van der Waals surface area contributed by atoms with Gasteiger partial charge in [-0.25, -0.2) is 4.79 Å². The summed E-state index contributed by atoms with van der Waals surface area (Å²) < 4.78 is 11.4. The first-order valence-electron chi connectivity index (χ1n) is 7.61. The molecule has 0 saturated heterocycles. The predicted octanol–water partition coefficient (Wildman–Crippen LogP) is 2.69. The lowest BCUT2D eigenvalue weighted by molar-refractivity contribution is -0.133. The van der Waals surface area contributed by atoms with Crippen LogP contribution < -0.4 is 14.8 Å². The number of carbonyl (C=O) groups excluding carboxylic acids is 1. The van der Waals surface area contributed by atoms with E-state index in [1.165, 1.54) is 0 Å². The highest BCUT2D eigenvalue weighted by Gasteiger charge is 2.25. The summed E-state index contributed by atoms with van der Waals surface area (Å²) in [6.07, 6.45) is 2.23. The normalized spacial score (nSPS) is 13.8. The second-order valence-electron chi connectivity index (χ2n) is 5.42. The highest BCUT2D eigenvalue weighted by molar-refractivity contribution is 9.10. The zero-order chi connectivity index (χ0) is 17.7. The summed E-state index contributed by atoms with van der Waals surface area (Å²) >= 11 is 3.40. The maximum Gasteiger partial charge on any atom is 0.332 e. The van der Waals surface area contributed by atoms with Crippen LogP contribution in [0.4, 0.5) is 0 Å². The second-order valence-corrected chi connectivity index (χ2v) is 6.27. The van der Waals surface area contributed by atoms with Crippen molar-refractivity contribution in [1.29, 1.82) is 0 Å². The number of carboxylic acid groups (broad SMARTS) is 1. The SMILES string of the molecule is COc1cc(CCNC(=O)C2=C(C(=O)O)CCC2)c(OC)cc1Br. The van der Waals surface area contributed by atoms with Gasteiger partial charge in [-0.2, -0.15) is 0 Å². The summed E-state index contributed by atoms with van der Waals surface area (Å²) in [5, 5.41) is 11.9. The molecule has 1 aliphatic rings. The van der Waals surface area contributed by atoms with Gasteiger partial charge in [0.2, 0.25) is 5.91 Å². The van der Waals surface area contributed by atoms with Crippen LogP contribution in [0.5, 0.6) is 11.5 Å². The molecule has 6 nitrogen and oxygen atoms in total. The Bertz CT molecular complexity index is 684. The molecule has 2 rings (SSSR count). The molecular weight excluding hydrogens is 378 g/mol. The Kier molecular flexibility index (Phi) is 6.25. The Morgan fingerprint density at radius 3 is 2.46 bits per heavy atom. The van der Waals surface area contributed by atoms with Crippen LogP contribution >= 0.6 is 15.9 Å². The van der Waals surface area contributed by atoms with Crippen LogP contribution in [0, 0.1) is 0 Å². The Hall–Kier alpha value is -2.02. The molecule has 0 heterocycles. The first-order chi connectivity index (χ1) is 11.5. The quantitative estimate of drug-likeness (QED) is 0.738. The van der Waals surface area contributed by atoms with Crippen LogP contribution in [0.3, 0.4) is 0 Å². The third-order valence-corrected chi connectivity index (χ3v) is 4.60. The lowest BCUT2D eigenvalue weighted by atomic mass is 10.1. The average Bonchev–Trinajstić information content (AvgIpc) is 3.05. The first-order valence-corrected chi connectivity index (χ1v) is 8.41. The minimum Gasteiger partial charge on any atom is -0.496 e. The van der Waals surface area contributed by atoms with Gasteiger partial charge < -0.3 is 19.9 Å². The number of methoxy groups -OCH3 is 2. The lowest BCUT2D eigenvalue weighted by Gasteiger charge is -2.13. The molecule has 1 amide bonds. The first kappa shape index (κ1) is 18.3. The summed E-state index contributed by atoms with van der Waals surface area (Å²) in [4.78, 5) is 23.3. The summed E-state index contributed by atoms with van der Waals surface area (Å²) in [7, 11) is 3.16. The van der Waals surface area contributed by atoms with E-state index in [4.69, 9.17) is 14.6 Å². The van der Waals surface area contributed by atoms with Gasteiger partial charge in [-0.3, -0.25) is 4.79 Å². The van der Waals surface area contributed by atoms with E-state index in [9.17, 15) is 9.59 Å². The van der Waals surface area contributed by atoms with E-state index >= 15 is 0 Å². The number of carbonyl (C=O) groups is 2. The van der Waals surface area contributed by atoms with Crippen molar-refractivity contribution in [2.24, 2.45) is 0 Å². The molecule has 0 aromatic heterocycles. The maximum absolute atomic E-state index is 12.2. The van der Waals surface area contributed by atoms with Crippen molar-refractivity contribution in [2.45, 2.75) is 25.7 Å². The molecule has 0 atom stereocenters. The van der Waals surface area contributed by atoms with Crippen molar-refractivity contribution < 1.29 is 24.2 Å². The fourth-order valence-electron chi connectivity index (χ4n) is 2.77. The fraction of sp³-hybridized carbons (Fsp3) is 0.412. The summed E-state index contributed by atoms with van der Waals surface area (Å²) in [6, 6.07) is 3.67. The van der Waals surface area contributed by atoms with E-state index in [0.29, 0.717) is 49.3 Å². The number of amides is 1. The van der Waals surface area contributed by atoms with Gasteiger partial charge in [0.1, 0.15) is 11.5 Å². The molecule has 7 heteroatoms. The monoisotopic (exact) mass is 397 g/mol. The number of nitrogens with one attached hydrogen (secondary N) is 1. The number of hydrogen-bond donors (Lipinski definition) is 2. The topological polar surface area (TPSA) is 84.9 Å². The van der Waals surface area contributed by atoms with Crippen molar-refractivity contribution >= 4 is 27.8 Å². The van der Waals surface area contributed by atoms with Crippen molar-refractivity contribution in [2.75, 3.05) is 20.8 Å². The van der Waals surface area contributed by atoms with Gasteiger partial charge in [-0.1, -0.05) is 0 Å². The molecular formula is C17H20BrNO5. The summed E-state index contributed by atoms with van der Waals surface area (Å²) in [5.74, 6) is 0.0805. The van der Waals surface area contributed by atoms with Crippen molar-refractivity contribution in [3.05, 3.63) is 33.3 Å². The van der Waals surface area contributed by atoms with Crippen LogP contribution in [-0.4, -0.2) is 37.7 Å². The Balaban J connectivity index is 2.03. The Labute approximate surface area is 149 Å². The molecule has 0 aliphatic heterocycles. The molecule has 0 saturated carbocycles. The smallest absolute Gasteiger partial charge is 0.332 e. The molecule has 0 spiro atoms. The van der Waals surface area contributed by atoms with E-state index in [2.05, 4.69) is 21.2 Å². The van der Waals surface area contributed by atoms with E-state index in [1.807, 2.05) is 12.1 Å². The molecule has 2 N–H and O–H groups in total. The largest absolute Gasteiger partial charge is 0.496 e. The number of ether oxygens (including phenoxy) is 2. The number of carboxylic acids is 1. The van der Waals surface area contributed by atoms with Gasteiger partial charge in [0.15, 0.2) is 0 Å². The molecule has 130 valence electrons. The average molecular weight is 398 g/mol. The van der Waals surface area contributed by atoms with Crippen molar-refractivity contribution in [3.8, 4) is 11.5 Å². The second kappa shape index (κ2) is 8.19. The Morgan fingerprint density at radius 2 is 1.83 bits per heavy atom. The van der Waals surface area contributed by atoms with Gasteiger partial charge in [0, 0.05) is 17.7 Å². The van der Waals surface area contributed by atoms with Crippen LogP contribution in [0.15, 0.2) is 27.8 Å². The fourth-order valence-corrected chi connectivity index (χ4v) is 3.25. The van der Waals surface area contributed by atoms with Crippen LogP contribution in [0.25, 0.3) is 0 Å². The lowest BCUT2D eigenvalue weighted by Crippen LogP contribution is -2.28. The molecule has 1 aliphatic carbocycles. The molecule has 0 unspecified atom stereocenters. The van der Waals surface area contributed by atoms with Crippen LogP contribution in [0.1, 0.15) is 24.8 Å². The van der Waals surface area contributed by atoms with E-state index in [-0.39, 0.29) is 11.5 Å². The zero-order valence-electron chi connectivity index (χ0n) is 13.6. The molecule has 24 heavy (non-hydrogen) atoms. The third-order valence-electron chi connectivity index (χ3n) is 3.98. The minimum atomic E-state index is -1.00. The van der Waals surface area contributed by atoms with E-state index < -0.39 is 5.97 Å². The number of aliphatic carboxylic acids is 1. The summed E-state index contributed by atoms with van der Waals surface area (Å²) in [6.45, 7) is 0.385. The molecule has 0 radical (unpaired) electrons. The van der Waals surface area contributed by atoms with Crippen LogP contribution in [-0.2, 0) is 16.0 Å². The molecule has 1 aromatic carbocycles. The maximum atomic E-state index is 12.2. The number of rotatable bonds is 7. The van der Waals surface area contributed by atoms with Crippen molar-refractivity contribution in [3.63, 3.8) is 0 Å². The highest BCUT2D eigenvalue weighted by atomic mass is 79.9. The van der Waals surface area contributed by atoms with Gasteiger partial charge in [0.05, 0.1) is 18.7 Å². The number of benzene rings is 1. The van der Waals surface area contributed by atoms with E-state index in [1.54, 1.807) is 14.2 Å².